The lowest BCUT2D eigenvalue weighted by molar-refractivity contribution is -0.123. The van der Waals surface area contributed by atoms with Gasteiger partial charge in [-0.25, -0.2) is 5.43 Å². The molecule has 0 saturated carbocycles. The van der Waals surface area contributed by atoms with Crippen molar-refractivity contribution in [2.75, 3.05) is 6.61 Å². The van der Waals surface area contributed by atoms with E-state index in [4.69, 9.17) is 4.74 Å². The lowest BCUT2D eigenvalue weighted by atomic mass is 10.1. The average Bonchev–Trinajstić information content (AvgIpc) is 2.95. The van der Waals surface area contributed by atoms with Crippen LogP contribution in [0.3, 0.4) is 0 Å². The molecule has 0 aliphatic rings. The summed E-state index contributed by atoms with van der Waals surface area (Å²) < 4.78 is 7.64. The topological polar surface area (TPSA) is 55.6 Å². The zero-order valence-corrected chi connectivity index (χ0v) is 16.7. The number of amides is 1. The average molecular weight is 375 g/mol. The SMILES string of the molecule is Cc1cccc(C)c1-n1c(C)cc(/C=N/NC(=O)COc2ccccc2)c1C. The molecule has 0 fully saturated rings. The van der Waals surface area contributed by atoms with Gasteiger partial charge in [0.05, 0.1) is 11.9 Å². The fraction of sp³-hybridized carbons (Fsp3) is 0.217. The highest BCUT2D eigenvalue weighted by molar-refractivity contribution is 5.84. The Morgan fingerprint density at radius 3 is 2.39 bits per heavy atom. The number of hydrogen-bond donors (Lipinski definition) is 1. The van der Waals surface area contributed by atoms with Crippen LogP contribution in [0, 0.1) is 27.7 Å². The molecule has 144 valence electrons. The van der Waals surface area contributed by atoms with Gasteiger partial charge in [-0.2, -0.15) is 5.10 Å². The first-order valence-corrected chi connectivity index (χ1v) is 9.22. The Kier molecular flexibility index (Phi) is 5.94. The summed E-state index contributed by atoms with van der Waals surface area (Å²) in [5.41, 5.74) is 9.31. The van der Waals surface area contributed by atoms with Crippen LogP contribution in [-0.4, -0.2) is 23.3 Å². The molecule has 28 heavy (non-hydrogen) atoms. The number of carbonyl (C=O) groups excluding carboxylic acids is 1. The van der Waals surface area contributed by atoms with Gasteiger partial charge < -0.3 is 9.30 Å². The smallest absolute Gasteiger partial charge is 0.277 e. The van der Waals surface area contributed by atoms with Gasteiger partial charge in [0, 0.05) is 17.0 Å². The Bertz CT molecular complexity index is 984. The summed E-state index contributed by atoms with van der Waals surface area (Å²) in [6.45, 7) is 8.27. The van der Waals surface area contributed by atoms with Crippen LogP contribution in [0.2, 0.25) is 0 Å². The molecular weight excluding hydrogens is 350 g/mol. The first-order valence-electron chi connectivity index (χ1n) is 9.22. The van der Waals surface area contributed by atoms with Crippen molar-refractivity contribution in [3.8, 4) is 11.4 Å². The van der Waals surface area contributed by atoms with Crippen molar-refractivity contribution in [2.24, 2.45) is 5.10 Å². The minimum atomic E-state index is -0.302. The van der Waals surface area contributed by atoms with Gasteiger partial charge in [-0.05, 0) is 57.0 Å². The molecule has 3 aromatic rings. The van der Waals surface area contributed by atoms with Crippen LogP contribution in [-0.2, 0) is 4.79 Å². The summed E-state index contributed by atoms with van der Waals surface area (Å²) in [6.07, 6.45) is 1.67. The van der Waals surface area contributed by atoms with Gasteiger partial charge in [0.25, 0.3) is 5.91 Å². The van der Waals surface area contributed by atoms with Crippen molar-refractivity contribution in [2.45, 2.75) is 27.7 Å². The van der Waals surface area contributed by atoms with Gasteiger partial charge in [0.2, 0.25) is 0 Å². The second-order valence-corrected chi connectivity index (χ2v) is 6.80. The van der Waals surface area contributed by atoms with Gasteiger partial charge >= 0.3 is 0 Å². The van der Waals surface area contributed by atoms with Crippen LogP contribution >= 0.6 is 0 Å². The maximum atomic E-state index is 11.9. The standard InChI is InChI=1S/C23H25N3O2/c1-16-9-8-10-17(2)23(16)26-18(3)13-20(19(26)4)14-24-25-22(27)15-28-21-11-6-5-7-12-21/h5-14H,15H2,1-4H3,(H,25,27)/b24-14+. The van der Waals surface area contributed by atoms with E-state index in [0.29, 0.717) is 5.75 Å². The second kappa shape index (κ2) is 8.57. The molecule has 1 N–H and O–H groups in total. The number of carbonyl (C=O) groups is 1. The minimum absolute atomic E-state index is 0.0806. The molecule has 0 aliphatic carbocycles. The summed E-state index contributed by atoms with van der Waals surface area (Å²) in [6, 6.07) is 17.6. The highest BCUT2D eigenvalue weighted by Crippen LogP contribution is 2.25. The highest BCUT2D eigenvalue weighted by Gasteiger charge is 2.13. The van der Waals surface area contributed by atoms with Crippen LogP contribution < -0.4 is 10.2 Å². The number of hydrazone groups is 1. The molecule has 0 spiro atoms. The number of nitrogens with one attached hydrogen (secondary N) is 1. The van der Waals surface area contributed by atoms with Gasteiger partial charge in [-0.1, -0.05) is 36.4 Å². The van der Waals surface area contributed by atoms with E-state index >= 15 is 0 Å². The fourth-order valence-corrected chi connectivity index (χ4v) is 3.29. The van der Waals surface area contributed by atoms with E-state index in [0.717, 1.165) is 17.0 Å². The number of benzene rings is 2. The van der Waals surface area contributed by atoms with Gasteiger partial charge in [0.1, 0.15) is 5.75 Å². The van der Waals surface area contributed by atoms with Crippen LogP contribution in [0.25, 0.3) is 5.69 Å². The third-order valence-electron chi connectivity index (χ3n) is 4.64. The van der Waals surface area contributed by atoms with Gasteiger partial charge in [-0.3, -0.25) is 4.79 Å². The molecular formula is C23H25N3O2. The molecule has 1 amide bonds. The predicted octanol–water partition coefficient (Wildman–Crippen LogP) is 4.24. The molecule has 0 unspecified atom stereocenters. The lowest BCUT2D eigenvalue weighted by Crippen LogP contribution is -2.24. The van der Waals surface area contributed by atoms with E-state index in [2.05, 4.69) is 67.1 Å². The number of para-hydroxylation sites is 2. The summed E-state index contributed by atoms with van der Waals surface area (Å²) in [4.78, 5) is 11.9. The predicted molar refractivity (Wildman–Crippen MR) is 112 cm³/mol. The number of aromatic nitrogens is 1. The van der Waals surface area contributed by atoms with E-state index in [9.17, 15) is 4.79 Å². The zero-order chi connectivity index (χ0) is 20.1. The van der Waals surface area contributed by atoms with Gasteiger partial charge in [-0.15, -0.1) is 0 Å². The maximum absolute atomic E-state index is 11.9. The normalized spacial score (nSPS) is 11.0. The molecule has 3 rings (SSSR count). The largest absolute Gasteiger partial charge is 0.484 e. The molecule has 5 nitrogen and oxygen atoms in total. The van der Waals surface area contributed by atoms with Crippen molar-refractivity contribution in [1.29, 1.82) is 0 Å². The van der Waals surface area contributed by atoms with Crippen molar-refractivity contribution in [1.82, 2.24) is 9.99 Å². The molecule has 0 radical (unpaired) electrons. The van der Waals surface area contributed by atoms with E-state index in [1.807, 2.05) is 18.2 Å². The molecule has 1 aromatic heterocycles. The second-order valence-electron chi connectivity index (χ2n) is 6.80. The third-order valence-corrected chi connectivity index (χ3v) is 4.64. The zero-order valence-electron chi connectivity index (χ0n) is 16.7. The Labute approximate surface area is 165 Å². The highest BCUT2D eigenvalue weighted by atomic mass is 16.5. The molecule has 0 saturated heterocycles. The minimum Gasteiger partial charge on any atom is -0.484 e. The monoisotopic (exact) mass is 375 g/mol. The van der Waals surface area contributed by atoms with Crippen LogP contribution in [0.15, 0.2) is 59.7 Å². The number of aryl methyl sites for hydroxylation is 3. The maximum Gasteiger partial charge on any atom is 0.277 e. The number of rotatable bonds is 6. The summed E-state index contributed by atoms with van der Waals surface area (Å²) in [5.74, 6) is 0.349. The number of nitrogens with zero attached hydrogens (tertiary/aromatic N) is 2. The van der Waals surface area contributed by atoms with Gasteiger partial charge in [0.15, 0.2) is 6.61 Å². The number of ether oxygens (including phenoxy) is 1. The van der Waals surface area contributed by atoms with E-state index in [-0.39, 0.29) is 12.5 Å². The summed E-state index contributed by atoms with van der Waals surface area (Å²) in [7, 11) is 0. The number of hydrogen-bond acceptors (Lipinski definition) is 3. The van der Waals surface area contributed by atoms with Crippen LogP contribution in [0.4, 0.5) is 0 Å². The van der Waals surface area contributed by atoms with Crippen molar-refractivity contribution >= 4 is 12.1 Å². The Balaban J connectivity index is 1.69. The summed E-state index contributed by atoms with van der Waals surface area (Å²) >= 11 is 0. The first-order chi connectivity index (χ1) is 13.5. The van der Waals surface area contributed by atoms with E-state index < -0.39 is 0 Å². The Hall–Kier alpha value is -3.34. The lowest BCUT2D eigenvalue weighted by Gasteiger charge is -2.15. The molecule has 0 bridgehead atoms. The fourth-order valence-electron chi connectivity index (χ4n) is 3.29. The molecule has 0 aliphatic heterocycles. The summed E-state index contributed by atoms with van der Waals surface area (Å²) in [5, 5.41) is 4.09. The quantitative estimate of drug-likeness (QED) is 0.517. The van der Waals surface area contributed by atoms with Crippen molar-refractivity contribution in [3.63, 3.8) is 0 Å². The Morgan fingerprint density at radius 1 is 1.04 bits per heavy atom. The Morgan fingerprint density at radius 2 is 1.71 bits per heavy atom. The van der Waals surface area contributed by atoms with E-state index in [1.165, 1.54) is 16.8 Å². The van der Waals surface area contributed by atoms with E-state index in [1.54, 1.807) is 18.3 Å². The third kappa shape index (κ3) is 4.31. The first kappa shape index (κ1) is 19.4. The molecule has 2 aromatic carbocycles. The molecule has 1 heterocycles. The van der Waals surface area contributed by atoms with Crippen molar-refractivity contribution < 1.29 is 9.53 Å². The van der Waals surface area contributed by atoms with Crippen molar-refractivity contribution in [3.05, 3.63) is 82.7 Å². The molecule has 0 atom stereocenters. The van der Waals surface area contributed by atoms with Crippen LogP contribution in [0.5, 0.6) is 5.75 Å². The van der Waals surface area contributed by atoms with Crippen LogP contribution in [0.1, 0.15) is 28.1 Å². The molecule has 5 heteroatoms.